The molecule has 0 radical (unpaired) electrons. The maximum atomic E-state index is 4.64. The van der Waals surface area contributed by atoms with E-state index in [-0.39, 0.29) is 0 Å². The van der Waals surface area contributed by atoms with Gasteiger partial charge in [0.2, 0.25) is 5.95 Å². The van der Waals surface area contributed by atoms with E-state index in [2.05, 4.69) is 41.8 Å². The van der Waals surface area contributed by atoms with Crippen molar-refractivity contribution in [1.82, 2.24) is 25.5 Å². The molecule has 0 aromatic carbocycles. The number of hydrogen-bond acceptors (Lipinski definition) is 6. The van der Waals surface area contributed by atoms with E-state index in [1.807, 2.05) is 19.3 Å². The van der Waals surface area contributed by atoms with Crippen LogP contribution in [0.25, 0.3) is 0 Å². The lowest BCUT2D eigenvalue weighted by Crippen LogP contribution is -2.25. The maximum Gasteiger partial charge on any atom is 0.227 e. The number of nitrogens with zero attached hydrogens (tertiary/aromatic N) is 4. The zero-order valence-electron chi connectivity index (χ0n) is 13.4. The van der Waals surface area contributed by atoms with Gasteiger partial charge in [0.1, 0.15) is 5.82 Å². The van der Waals surface area contributed by atoms with Crippen LogP contribution in [-0.2, 0) is 0 Å². The fraction of sp³-hybridized carbons (Fsp3) is 0.562. The van der Waals surface area contributed by atoms with Crippen LogP contribution in [-0.4, -0.2) is 46.8 Å². The van der Waals surface area contributed by atoms with Crippen molar-refractivity contribution in [2.45, 2.75) is 25.2 Å². The summed E-state index contributed by atoms with van der Waals surface area (Å²) in [6.07, 6.45) is 5.53. The van der Waals surface area contributed by atoms with Crippen LogP contribution in [0.1, 0.15) is 30.9 Å². The molecular weight excluding hydrogens is 290 g/mol. The minimum Gasteiger partial charge on any atom is -0.340 e. The average Bonchev–Trinajstić information content (AvgIpc) is 3.13. The molecule has 4 rings (SSSR count). The van der Waals surface area contributed by atoms with Crippen molar-refractivity contribution >= 4 is 17.6 Å². The first-order valence-electron chi connectivity index (χ1n) is 8.37. The predicted octanol–water partition coefficient (Wildman–Crippen LogP) is 1.87. The lowest BCUT2D eigenvalue weighted by atomic mass is 10.1. The Hall–Kier alpha value is -2.15. The van der Waals surface area contributed by atoms with Crippen LogP contribution in [0, 0.1) is 5.92 Å². The number of H-pyrrole nitrogens is 1. The number of nitrogens with one attached hydrogen (secondary N) is 3. The summed E-state index contributed by atoms with van der Waals surface area (Å²) < 4.78 is 0. The highest BCUT2D eigenvalue weighted by atomic mass is 15.3. The van der Waals surface area contributed by atoms with Crippen molar-refractivity contribution in [2.75, 3.05) is 36.9 Å². The smallest absolute Gasteiger partial charge is 0.227 e. The molecule has 1 saturated heterocycles. The Morgan fingerprint density at radius 2 is 2.22 bits per heavy atom. The molecule has 1 aliphatic carbocycles. The Labute approximate surface area is 135 Å². The van der Waals surface area contributed by atoms with E-state index in [9.17, 15) is 0 Å². The van der Waals surface area contributed by atoms with Gasteiger partial charge < -0.3 is 15.5 Å². The van der Waals surface area contributed by atoms with Crippen molar-refractivity contribution < 1.29 is 0 Å². The molecule has 3 heterocycles. The Kier molecular flexibility index (Phi) is 3.87. The zero-order valence-corrected chi connectivity index (χ0v) is 13.4. The van der Waals surface area contributed by atoms with E-state index in [1.165, 1.54) is 25.0 Å². The van der Waals surface area contributed by atoms with Gasteiger partial charge in [0.25, 0.3) is 0 Å². The van der Waals surface area contributed by atoms with Gasteiger partial charge in [-0.05, 0) is 44.8 Å². The third-order valence-corrected chi connectivity index (χ3v) is 4.58. The highest BCUT2D eigenvalue weighted by Crippen LogP contribution is 2.39. The fourth-order valence-corrected chi connectivity index (χ4v) is 3.18. The summed E-state index contributed by atoms with van der Waals surface area (Å²) in [5, 5.41) is 13.9. The summed E-state index contributed by atoms with van der Waals surface area (Å²) >= 11 is 0. The molecule has 23 heavy (non-hydrogen) atoms. The molecule has 3 N–H and O–H groups in total. The molecule has 7 heteroatoms. The maximum absolute atomic E-state index is 4.64. The molecule has 0 unspecified atom stereocenters. The molecule has 0 amide bonds. The molecule has 7 nitrogen and oxygen atoms in total. The fourth-order valence-electron chi connectivity index (χ4n) is 3.18. The number of rotatable bonds is 6. The third kappa shape index (κ3) is 3.29. The number of aromatic nitrogens is 4. The first kappa shape index (κ1) is 14.4. The highest BCUT2D eigenvalue weighted by Gasteiger charge is 2.26. The summed E-state index contributed by atoms with van der Waals surface area (Å²) in [4.78, 5) is 11.3. The minimum absolute atomic E-state index is 0.674. The summed E-state index contributed by atoms with van der Waals surface area (Å²) in [5.74, 6) is 3.76. The van der Waals surface area contributed by atoms with E-state index in [0.29, 0.717) is 11.8 Å². The first-order chi connectivity index (χ1) is 11.3. The Bertz CT molecular complexity index is 664. The van der Waals surface area contributed by atoms with Crippen molar-refractivity contribution in [1.29, 1.82) is 0 Å². The molecule has 0 spiro atoms. The largest absolute Gasteiger partial charge is 0.340 e. The van der Waals surface area contributed by atoms with Crippen LogP contribution in [0.15, 0.2) is 18.3 Å². The topological polar surface area (TPSA) is 81.8 Å². The van der Waals surface area contributed by atoms with Crippen LogP contribution in [0.4, 0.5) is 17.6 Å². The van der Waals surface area contributed by atoms with Gasteiger partial charge in [-0.2, -0.15) is 10.1 Å². The predicted molar refractivity (Wildman–Crippen MR) is 90.1 cm³/mol. The summed E-state index contributed by atoms with van der Waals surface area (Å²) in [6, 6.07) is 3.97. The molecule has 1 atom stereocenters. The second kappa shape index (κ2) is 6.16. The van der Waals surface area contributed by atoms with E-state index < -0.39 is 0 Å². The van der Waals surface area contributed by atoms with Crippen molar-refractivity contribution in [3.8, 4) is 0 Å². The van der Waals surface area contributed by atoms with E-state index in [1.54, 1.807) is 0 Å². The van der Waals surface area contributed by atoms with Crippen LogP contribution in [0.3, 0.4) is 0 Å². The molecular formula is C16H23N7. The molecule has 1 aliphatic heterocycles. The summed E-state index contributed by atoms with van der Waals surface area (Å²) in [7, 11) is 2.00. The molecule has 0 bridgehead atoms. The lowest BCUT2D eigenvalue weighted by Gasteiger charge is -2.16. The highest BCUT2D eigenvalue weighted by molar-refractivity contribution is 5.53. The number of hydrogen-bond donors (Lipinski definition) is 3. The monoisotopic (exact) mass is 313 g/mol. The van der Waals surface area contributed by atoms with Gasteiger partial charge in [-0.15, -0.1) is 0 Å². The van der Waals surface area contributed by atoms with Gasteiger partial charge in [-0.1, -0.05) is 0 Å². The lowest BCUT2D eigenvalue weighted by molar-refractivity contribution is 0.548. The summed E-state index contributed by atoms with van der Waals surface area (Å²) in [6.45, 7) is 3.08. The van der Waals surface area contributed by atoms with Crippen molar-refractivity contribution in [3.05, 3.63) is 24.0 Å². The number of anilines is 3. The van der Waals surface area contributed by atoms with Crippen molar-refractivity contribution in [3.63, 3.8) is 0 Å². The molecule has 2 fully saturated rings. The van der Waals surface area contributed by atoms with Crippen LogP contribution in [0.2, 0.25) is 0 Å². The first-order valence-corrected chi connectivity index (χ1v) is 8.37. The van der Waals surface area contributed by atoms with E-state index in [4.69, 9.17) is 0 Å². The van der Waals surface area contributed by atoms with Gasteiger partial charge in [0.05, 0.1) is 0 Å². The normalized spacial score (nSPS) is 20.9. The van der Waals surface area contributed by atoms with Gasteiger partial charge in [0, 0.05) is 37.0 Å². The van der Waals surface area contributed by atoms with Crippen LogP contribution in [0.5, 0.6) is 0 Å². The van der Waals surface area contributed by atoms with Gasteiger partial charge in [-0.3, -0.25) is 5.10 Å². The second-order valence-electron chi connectivity index (χ2n) is 6.51. The van der Waals surface area contributed by atoms with Crippen LogP contribution >= 0.6 is 0 Å². The zero-order chi connectivity index (χ0) is 15.6. The van der Waals surface area contributed by atoms with Gasteiger partial charge in [0.15, 0.2) is 5.82 Å². The van der Waals surface area contributed by atoms with Gasteiger partial charge >= 0.3 is 0 Å². The molecule has 2 aromatic rings. The minimum atomic E-state index is 0.674. The van der Waals surface area contributed by atoms with Gasteiger partial charge in [-0.25, -0.2) is 4.98 Å². The standard InChI is InChI=1S/C16H23N7/c1-17-9-11-5-7-23(10-11)16-18-6-4-14(20-16)19-15-8-13(21-22-15)12-2-3-12/h4,6,8,11-12,17H,2-3,5,7,9-10H2,1H3,(H2,18,19,20,21,22)/t11-/m0/s1. The molecule has 2 aliphatic rings. The molecule has 1 saturated carbocycles. The Balaban J connectivity index is 1.43. The third-order valence-electron chi connectivity index (χ3n) is 4.58. The number of aromatic amines is 1. The quantitative estimate of drug-likeness (QED) is 0.755. The summed E-state index contributed by atoms with van der Waals surface area (Å²) in [5.41, 5.74) is 1.22. The van der Waals surface area contributed by atoms with E-state index in [0.717, 1.165) is 37.2 Å². The Morgan fingerprint density at radius 1 is 1.30 bits per heavy atom. The van der Waals surface area contributed by atoms with Crippen molar-refractivity contribution in [2.24, 2.45) is 5.92 Å². The average molecular weight is 313 g/mol. The molecule has 2 aromatic heterocycles. The SMILES string of the molecule is CNC[C@@H]1CCN(c2nccc(Nc3cc(C4CC4)[nH]n3)n2)C1. The van der Waals surface area contributed by atoms with E-state index >= 15 is 0 Å². The van der Waals surface area contributed by atoms with Crippen LogP contribution < -0.4 is 15.5 Å². The molecule has 122 valence electrons. The second-order valence-corrected chi connectivity index (χ2v) is 6.51. The Morgan fingerprint density at radius 3 is 3.04 bits per heavy atom.